The van der Waals surface area contributed by atoms with Gasteiger partial charge >= 0.3 is 0 Å². The highest BCUT2D eigenvalue weighted by molar-refractivity contribution is 6.04. The molecule has 1 aliphatic rings. The van der Waals surface area contributed by atoms with E-state index in [0.29, 0.717) is 11.4 Å². The number of fused-ring (bicyclic) bond motifs is 1. The van der Waals surface area contributed by atoms with E-state index in [1.165, 1.54) is 34.1 Å². The lowest BCUT2D eigenvalue weighted by Crippen LogP contribution is -2.56. The minimum atomic E-state index is -0.852. The van der Waals surface area contributed by atoms with Crippen LogP contribution in [-0.4, -0.2) is 55.4 Å². The van der Waals surface area contributed by atoms with Gasteiger partial charge in [-0.05, 0) is 42.3 Å². The van der Waals surface area contributed by atoms with Gasteiger partial charge in [0.15, 0.2) is 6.10 Å². The molecule has 2 aromatic carbocycles. The number of halogens is 1. The van der Waals surface area contributed by atoms with Crippen LogP contribution in [0, 0.1) is 11.7 Å². The SMILES string of the molecule is CC(C)[C@H](NC(=O)c1ccc(F)cc1)C(=O)N1C[C@H](C(=O)N(C)C)Oc2ccccc21. The summed E-state index contributed by atoms with van der Waals surface area (Å²) in [5, 5.41) is 2.76. The topological polar surface area (TPSA) is 79.0 Å². The van der Waals surface area contributed by atoms with Crippen LogP contribution >= 0.6 is 0 Å². The Hall–Kier alpha value is -3.42. The summed E-state index contributed by atoms with van der Waals surface area (Å²) in [4.78, 5) is 41.6. The lowest BCUT2D eigenvalue weighted by Gasteiger charge is -2.37. The minimum absolute atomic E-state index is 0.0303. The van der Waals surface area contributed by atoms with Crippen LogP contribution in [0.3, 0.4) is 0 Å². The minimum Gasteiger partial charge on any atom is -0.476 e. The third kappa shape index (κ3) is 4.84. The predicted molar refractivity (Wildman–Crippen MR) is 114 cm³/mol. The zero-order valence-electron chi connectivity index (χ0n) is 18.0. The maximum Gasteiger partial charge on any atom is 0.265 e. The number of ether oxygens (including phenoxy) is 1. The molecule has 1 heterocycles. The molecule has 2 atom stereocenters. The van der Waals surface area contributed by atoms with Gasteiger partial charge in [-0.3, -0.25) is 14.4 Å². The molecule has 31 heavy (non-hydrogen) atoms. The molecule has 164 valence electrons. The van der Waals surface area contributed by atoms with Crippen molar-refractivity contribution in [1.82, 2.24) is 10.2 Å². The Morgan fingerprint density at radius 2 is 1.74 bits per heavy atom. The Morgan fingerprint density at radius 1 is 1.10 bits per heavy atom. The Bertz CT molecular complexity index is 975. The summed E-state index contributed by atoms with van der Waals surface area (Å²) in [5.41, 5.74) is 0.792. The Labute approximate surface area is 180 Å². The van der Waals surface area contributed by atoms with Crippen LogP contribution in [0.1, 0.15) is 24.2 Å². The fourth-order valence-corrected chi connectivity index (χ4v) is 3.37. The average Bonchev–Trinajstić information content (AvgIpc) is 2.75. The average molecular weight is 427 g/mol. The number of nitrogens with one attached hydrogen (secondary N) is 1. The molecule has 8 heteroatoms. The van der Waals surface area contributed by atoms with E-state index in [0.717, 1.165) is 0 Å². The molecule has 0 aliphatic carbocycles. The number of benzene rings is 2. The highest BCUT2D eigenvalue weighted by Crippen LogP contribution is 2.34. The molecule has 3 rings (SSSR count). The number of carbonyl (C=O) groups is 3. The summed E-state index contributed by atoms with van der Waals surface area (Å²) < 4.78 is 19.0. The highest BCUT2D eigenvalue weighted by Gasteiger charge is 2.38. The molecule has 1 aliphatic heterocycles. The molecule has 0 aromatic heterocycles. The first kappa shape index (κ1) is 22.3. The molecular formula is C23H26FN3O4. The van der Waals surface area contributed by atoms with Gasteiger partial charge < -0.3 is 19.9 Å². The van der Waals surface area contributed by atoms with Gasteiger partial charge in [-0.15, -0.1) is 0 Å². The van der Waals surface area contributed by atoms with E-state index in [1.54, 1.807) is 38.4 Å². The molecule has 0 radical (unpaired) electrons. The standard InChI is InChI=1S/C23H26FN3O4/c1-14(2)20(25-21(28)15-9-11-16(24)12-10-15)23(30)27-13-19(22(29)26(3)4)31-18-8-6-5-7-17(18)27/h5-12,14,19-20H,13H2,1-4H3,(H,25,28)/t19-,20+/m1/s1. The summed E-state index contributed by atoms with van der Waals surface area (Å²) >= 11 is 0. The van der Waals surface area contributed by atoms with Crippen molar-refractivity contribution in [2.24, 2.45) is 5.92 Å². The summed E-state index contributed by atoms with van der Waals surface area (Å²) in [5.74, 6) is -1.34. The fourth-order valence-electron chi connectivity index (χ4n) is 3.37. The molecule has 0 unspecified atom stereocenters. The van der Waals surface area contributed by atoms with Crippen molar-refractivity contribution in [1.29, 1.82) is 0 Å². The number of carbonyl (C=O) groups excluding carboxylic acids is 3. The van der Waals surface area contributed by atoms with Gasteiger partial charge in [-0.2, -0.15) is 0 Å². The monoisotopic (exact) mass is 427 g/mol. The Morgan fingerprint density at radius 3 is 2.35 bits per heavy atom. The molecule has 0 fully saturated rings. The molecule has 2 aromatic rings. The molecule has 7 nitrogen and oxygen atoms in total. The zero-order chi connectivity index (χ0) is 22.7. The summed E-state index contributed by atoms with van der Waals surface area (Å²) in [6.07, 6.45) is -0.852. The van der Waals surface area contributed by atoms with Crippen LogP contribution in [-0.2, 0) is 9.59 Å². The predicted octanol–water partition coefficient (Wildman–Crippen LogP) is 2.46. The van der Waals surface area contributed by atoms with Gasteiger partial charge in [-0.25, -0.2) is 4.39 Å². The first-order valence-corrected chi connectivity index (χ1v) is 10.0. The number of nitrogens with zero attached hydrogens (tertiary/aromatic N) is 2. The van der Waals surface area contributed by atoms with Gasteiger partial charge in [0, 0.05) is 19.7 Å². The van der Waals surface area contributed by atoms with E-state index in [1.807, 2.05) is 13.8 Å². The third-order valence-corrected chi connectivity index (χ3v) is 5.08. The van der Waals surface area contributed by atoms with Crippen molar-refractivity contribution in [3.8, 4) is 5.75 Å². The number of rotatable bonds is 5. The second kappa shape index (κ2) is 9.16. The van der Waals surface area contributed by atoms with E-state index in [4.69, 9.17) is 4.74 Å². The normalized spacial score (nSPS) is 16.2. The number of hydrogen-bond donors (Lipinski definition) is 1. The Balaban J connectivity index is 1.88. The van der Waals surface area contributed by atoms with Crippen molar-refractivity contribution >= 4 is 23.4 Å². The van der Waals surface area contributed by atoms with Crippen molar-refractivity contribution < 1.29 is 23.5 Å². The van der Waals surface area contributed by atoms with Crippen LogP contribution in [0.25, 0.3) is 0 Å². The van der Waals surface area contributed by atoms with Gasteiger partial charge in [0.2, 0.25) is 5.91 Å². The molecular weight excluding hydrogens is 401 g/mol. The van der Waals surface area contributed by atoms with Crippen molar-refractivity contribution in [2.45, 2.75) is 26.0 Å². The highest BCUT2D eigenvalue weighted by atomic mass is 19.1. The summed E-state index contributed by atoms with van der Waals surface area (Å²) in [6.45, 7) is 3.67. The van der Waals surface area contributed by atoms with E-state index in [2.05, 4.69) is 5.32 Å². The first-order valence-electron chi connectivity index (χ1n) is 10.0. The molecule has 0 saturated carbocycles. The van der Waals surface area contributed by atoms with Gasteiger partial charge in [0.05, 0.1) is 12.2 Å². The number of hydrogen-bond acceptors (Lipinski definition) is 4. The summed E-state index contributed by atoms with van der Waals surface area (Å²) in [7, 11) is 3.25. The second-order valence-corrected chi connectivity index (χ2v) is 7.96. The lowest BCUT2D eigenvalue weighted by molar-refractivity contribution is -0.136. The first-order chi connectivity index (χ1) is 14.7. The fraction of sp³-hybridized carbons (Fsp3) is 0.348. The van der Waals surface area contributed by atoms with Crippen LogP contribution in [0.5, 0.6) is 5.75 Å². The Kier molecular flexibility index (Phi) is 6.58. The van der Waals surface area contributed by atoms with Crippen LogP contribution in [0.4, 0.5) is 10.1 Å². The van der Waals surface area contributed by atoms with E-state index in [-0.39, 0.29) is 29.8 Å². The van der Waals surface area contributed by atoms with Crippen molar-refractivity contribution in [3.63, 3.8) is 0 Å². The van der Waals surface area contributed by atoms with Gasteiger partial charge in [0.1, 0.15) is 17.6 Å². The molecule has 3 amide bonds. The molecule has 0 bridgehead atoms. The zero-order valence-corrected chi connectivity index (χ0v) is 18.0. The number of likely N-dealkylation sites (N-methyl/N-ethyl adjacent to an activating group) is 1. The molecule has 1 N–H and O–H groups in total. The van der Waals surface area contributed by atoms with E-state index >= 15 is 0 Å². The van der Waals surface area contributed by atoms with Crippen molar-refractivity contribution in [3.05, 3.63) is 59.9 Å². The largest absolute Gasteiger partial charge is 0.476 e. The summed E-state index contributed by atoms with van der Waals surface area (Å²) in [6, 6.07) is 11.2. The molecule has 0 saturated heterocycles. The number of para-hydroxylation sites is 2. The second-order valence-electron chi connectivity index (χ2n) is 7.96. The van der Waals surface area contributed by atoms with Crippen LogP contribution in [0.15, 0.2) is 48.5 Å². The maximum absolute atomic E-state index is 13.5. The van der Waals surface area contributed by atoms with Gasteiger partial charge in [0.25, 0.3) is 11.8 Å². The maximum atomic E-state index is 13.5. The lowest BCUT2D eigenvalue weighted by atomic mass is 10.0. The van der Waals surface area contributed by atoms with Crippen molar-refractivity contribution in [2.75, 3.05) is 25.5 Å². The molecule has 0 spiro atoms. The number of amides is 3. The number of anilines is 1. The van der Waals surface area contributed by atoms with Gasteiger partial charge in [-0.1, -0.05) is 26.0 Å². The van der Waals surface area contributed by atoms with E-state index < -0.39 is 23.9 Å². The smallest absolute Gasteiger partial charge is 0.265 e. The third-order valence-electron chi connectivity index (χ3n) is 5.08. The quantitative estimate of drug-likeness (QED) is 0.795. The van der Waals surface area contributed by atoms with Crippen LogP contribution in [0.2, 0.25) is 0 Å². The van der Waals surface area contributed by atoms with E-state index in [9.17, 15) is 18.8 Å². The van der Waals surface area contributed by atoms with Crippen LogP contribution < -0.4 is 15.0 Å².